The number of carbonyl (C=O) groups excluding carboxylic acids is 1. The third-order valence-corrected chi connectivity index (χ3v) is 3.16. The lowest BCUT2D eigenvalue weighted by Crippen LogP contribution is -2.12. The lowest BCUT2D eigenvalue weighted by atomic mass is 10.1. The zero-order valence-corrected chi connectivity index (χ0v) is 11.1. The molecule has 0 bridgehead atoms. The first kappa shape index (κ1) is 12.4. The second-order valence-corrected chi connectivity index (χ2v) is 4.46. The summed E-state index contributed by atoms with van der Waals surface area (Å²) in [5.74, 6) is 0.00788. The molecule has 20 heavy (non-hydrogen) atoms. The number of para-hydroxylation sites is 1. The smallest absolute Gasteiger partial charge is 0.291 e. The largest absolute Gasteiger partial charge is 0.449 e. The van der Waals surface area contributed by atoms with Crippen LogP contribution < -0.4 is 5.32 Å². The van der Waals surface area contributed by atoms with E-state index in [2.05, 4.69) is 17.2 Å². The molecule has 4 nitrogen and oxygen atoms in total. The van der Waals surface area contributed by atoms with Crippen molar-refractivity contribution in [2.24, 2.45) is 0 Å². The topological polar surface area (TPSA) is 55.1 Å². The summed E-state index contributed by atoms with van der Waals surface area (Å²) >= 11 is 0. The molecule has 100 valence electrons. The third kappa shape index (κ3) is 2.28. The van der Waals surface area contributed by atoms with Gasteiger partial charge in [0.05, 0.1) is 0 Å². The molecule has 2 aromatic heterocycles. The molecular formula is C16H14N2O2. The fourth-order valence-electron chi connectivity index (χ4n) is 2.12. The van der Waals surface area contributed by atoms with Crippen molar-refractivity contribution in [3.05, 3.63) is 60.0 Å². The first-order valence-electron chi connectivity index (χ1n) is 6.51. The number of fused-ring (bicyclic) bond motifs is 1. The molecule has 1 aromatic carbocycles. The van der Waals surface area contributed by atoms with Crippen LogP contribution in [0.1, 0.15) is 23.0 Å². The molecule has 0 aliphatic carbocycles. The molecule has 0 atom stereocenters. The van der Waals surface area contributed by atoms with Crippen LogP contribution in [0.4, 0.5) is 5.69 Å². The van der Waals surface area contributed by atoms with Gasteiger partial charge < -0.3 is 9.73 Å². The Hall–Kier alpha value is -2.62. The number of furan rings is 1. The average Bonchev–Trinajstić information content (AvgIpc) is 2.92. The number of aromatic nitrogens is 1. The Morgan fingerprint density at radius 2 is 2.10 bits per heavy atom. The maximum Gasteiger partial charge on any atom is 0.291 e. The number of amides is 1. The molecule has 0 radical (unpaired) electrons. The molecule has 0 fully saturated rings. The summed E-state index contributed by atoms with van der Waals surface area (Å²) in [6.07, 6.45) is 2.53. The van der Waals surface area contributed by atoms with Gasteiger partial charge in [0.1, 0.15) is 5.52 Å². The van der Waals surface area contributed by atoms with Gasteiger partial charge in [-0.15, -0.1) is 0 Å². The molecule has 2 heterocycles. The molecule has 0 aliphatic rings. The van der Waals surface area contributed by atoms with Crippen molar-refractivity contribution in [3.63, 3.8) is 0 Å². The Balaban J connectivity index is 1.89. The van der Waals surface area contributed by atoms with E-state index in [0.717, 1.165) is 17.7 Å². The third-order valence-electron chi connectivity index (χ3n) is 3.16. The molecule has 0 unspecified atom stereocenters. The fourth-order valence-corrected chi connectivity index (χ4v) is 2.12. The van der Waals surface area contributed by atoms with Crippen molar-refractivity contribution in [3.8, 4) is 0 Å². The number of pyridine rings is 1. The van der Waals surface area contributed by atoms with E-state index in [4.69, 9.17) is 4.42 Å². The van der Waals surface area contributed by atoms with Gasteiger partial charge in [-0.2, -0.15) is 0 Å². The minimum atomic E-state index is -0.260. The summed E-state index contributed by atoms with van der Waals surface area (Å²) in [5, 5.41) is 2.88. The summed E-state index contributed by atoms with van der Waals surface area (Å²) < 4.78 is 5.50. The zero-order chi connectivity index (χ0) is 13.9. The van der Waals surface area contributed by atoms with Crippen LogP contribution in [-0.4, -0.2) is 10.9 Å². The van der Waals surface area contributed by atoms with Gasteiger partial charge >= 0.3 is 0 Å². The molecule has 0 saturated heterocycles. The normalized spacial score (nSPS) is 10.7. The molecule has 0 spiro atoms. The highest BCUT2D eigenvalue weighted by Crippen LogP contribution is 2.20. The van der Waals surface area contributed by atoms with Crippen molar-refractivity contribution < 1.29 is 9.21 Å². The molecule has 4 heteroatoms. The van der Waals surface area contributed by atoms with Crippen LogP contribution in [0.15, 0.2) is 53.1 Å². The van der Waals surface area contributed by atoms with Crippen LogP contribution in [0, 0.1) is 0 Å². The monoisotopic (exact) mass is 266 g/mol. The second kappa shape index (κ2) is 5.17. The number of rotatable bonds is 3. The molecule has 1 N–H and O–H groups in total. The van der Waals surface area contributed by atoms with Gasteiger partial charge in [-0.25, -0.2) is 0 Å². The van der Waals surface area contributed by atoms with Gasteiger partial charge in [0.2, 0.25) is 0 Å². The van der Waals surface area contributed by atoms with Crippen LogP contribution >= 0.6 is 0 Å². The van der Waals surface area contributed by atoms with Crippen LogP contribution in [0.25, 0.3) is 11.1 Å². The van der Waals surface area contributed by atoms with Gasteiger partial charge in [-0.1, -0.05) is 25.1 Å². The SMILES string of the molecule is CCc1ccccc1NC(=O)c1cc2ncccc2o1. The number of carbonyl (C=O) groups is 1. The van der Waals surface area contributed by atoms with E-state index in [1.165, 1.54) is 0 Å². The number of nitrogens with one attached hydrogen (secondary N) is 1. The van der Waals surface area contributed by atoms with Crippen LogP contribution in [-0.2, 0) is 6.42 Å². The summed E-state index contributed by atoms with van der Waals surface area (Å²) in [4.78, 5) is 16.4. The van der Waals surface area contributed by atoms with Crippen LogP contribution in [0.3, 0.4) is 0 Å². The molecule has 3 aromatic rings. The minimum Gasteiger partial charge on any atom is -0.449 e. The Morgan fingerprint density at radius 1 is 1.25 bits per heavy atom. The van der Waals surface area contributed by atoms with Gasteiger partial charge in [0, 0.05) is 18.0 Å². The summed E-state index contributed by atoms with van der Waals surface area (Å²) in [6.45, 7) is 2.05. The minimum absolute atomic E-state index is 0.260. The van der Waals surface area contributed by atoms with E-state index in [0.29, 0.717) is 11.1 Å². The molecule has 1 amide bonds. The van der Waals surface area contributed by atoms with Crippen molar-refractivity contribution in [2.45, 2.75) is 13.3 Å². The molecular weight excluding hydrogens is 252 g/mol. The van der Waals surface area contributed by atoms with Crippen LogP contribution in [0.5, 0.6) is 0 Å². The van der Waals surface area contributed by atoms with Crippen molar-refractivity contribution >= 4 is 22.7 Å². The quantitative estimate of drug-likeness (QED) is 0.787. The number of hydrogen-bond acceptors (Lipinski definition) is 3. The first-order valence-corrected chi connectivity index (χ1v) is 6.51. The highest BCUT2D eigenvalue weighted by molar-refractivity contribution is 6.04. The van der Waals surface area contributed by atoms with E-state index < -0.39 is 0 Å². The predicted molar refractivity (Wildman–Crippen MR) is 77.8 cm³/mol. The Morgan fingerprint density at radius 3 is 2.90 bits per heavy atom. The van der Waals surface area contributed by atoms with Gasteiger partial charge in [-0.05, 0) is 30.2 Å². The second-order valence-electron chi connectivity index (χ2n) is 4.46. The molecule has 3 rings (SSSR count). The highest BCUT2D eigenvalue weighted by Gasteiger charge is 2.13. The number of nitrogens with zero attached hydrogens (tertiary/aromatic N) is 1. The molecule has 0 saturated carbocycles. The number of benzene rings is 1. The summed E-state index contributed by atoms with van der Waals surface area (Å²) in [5.41, 5.74) is 3.20. The maximum absolute atomic E-state index is 12.2. The van der Waals surface area contributed by atoms with Gasteiger partial charge in [-0.3, -0.25) is 9.78 Å². The van der Waals surface area contributed by atoms with E-state index >= 15 is 0 Å². The number of anilines is 1. The number of hydrogen-bond donors (Lipinski definition) is 1. The van der Waals surface area contributed by atoms with E-state index in [1.54, 1.807) is 24.4 Å². The Kier molecular flexibility index (Phi) is 3.21. The average molecular weight is 266 g/mol. The fraction of sp³-hybridized carbons (Fsp3) is 0.125. The predicted octanol–water partition coefficient (Wildman–Crippen LogP) is 3.64. The standard InChI is InChI=1S/C16H14N2O2/c1-2-11-6-3-4-7-12(11)18-16(19)15-10-13-14(20-15)8-5-9-17-13/h3-10H,2H2,1H3,(H,18,19). The van der Waals surface area contributed by atoms with Gasteiger partial charge in [0.25, 0.3) is 5.91 Å². The molecule has 0 aliphatic heterocycles. The lowest BCUT2D eigenvalue weighted by Gasteiger charge is -2.07. The van der Waals surface area contributed by atoms with Crippen LogP contribution in [0.2, 0.25) is 0 Å². The number of aryl methyl sites for hydroxylation is 1. The van der Waals surface area contributed by atoms with Crippen molar-refractivity contribution in [2.75, 3.05) is 5.32 Å². The lowest BCUT2D eigenvalue weighted by molar-refractivity contribution is 0.0998. The van der Waals surface area contributed by atoms with Crippen molar-refractivity contribution in [1.29, 1.82) is 0 Å². The zero-order valence-electron chi connectivity index (χ0n) is 11.1. The highest BCUT2D eigenvalue weighted by atomic mass is 16.3. The summed E-state index contributed by atoms with van der Waals surface area (Å²) in [6, 6.07) is 13.0. The van der Waals surface area contributed by atoms with E-state index in [1.807, 2.05) is 24.3 Å². The Labute approximate surface area is 116 Å². The maximum atomic E-state index is 12.2. The first-order chi connectivity index (χ1) is 9.78. The van der Waals surface area contributed by atoms with Crippen molar-refractivity contribution in [1.82, 2.24) is 4.98 Å². The Bertz CT molecular complexity index is 729. The van der Waals surface area contributed by atoms with E-state index in [-0.39, 0.29) is 11.7 Å². The van der Waals surface area contributed by atoms with Gasteiger partial charge in [0.15, 0.2) is 11.3 Å². The van der Waals surface area contributed by atoms with E-state index in [9.17, 15) is 4.79 Å². The summed E-state index contributed by atoms with van der Waals surface area (Å²) in [7, 11) is 0.